The Bertz CT molecular complexity index is 907. The van der Waals surface area contributed by atoms with Gasteiger partial charge >= 0.3 is 5.97 Å². The van der Waals surface area contributed by atoms with Crippen LogP contribution in [0.25, 0.3) is 0 Å². The Morgan fingerprint density at radius 2 is 1.79 bits per heavy atom. The van der Waals surface area contributed by atoms with Gasteiger partial charge in [-0.25, -0.2) is 4.99 Å². The van der Waals surface area contributed by atoms with Crippen molar-refractivity contribution >= 4 is 35.1 Å². The molecule has 0 aliphatic rings. The maximum Gasteiger partial charge on any atom is 0.303 e. The Hall–Kier alpha value is -3.88. The second kappa shape index (κ2) is 9.72. The molecule has 0 radical (unpaired) electrons. The van der Waals surface area contributed by atoms with Gasteiger partial charge in [-0.05, 0) is 36.2 Å². The number of benzene rings is 2. The molecular formula is C19H21N5O4. The summed E-state index contributed by atoms with van der Waals surface area (Å²) in [4.78, 5) is 39.0. The third-order valence-corrected chi connectivity index (χ3v) is 3.68. The zero-order valence-electron chi connectivity index (χ0n) is 15.0. The lowest BCUT2D eigenvalue weighted by Crippen LogP contribution is -2.33. The minimum atomic E-state index is -0.920. The van der Waals surface area contributed by atoms with Crippen LogP contribution in [0.1, 0.15) is 22.3 Å². The number of aliphatic imine (C=N–C) groups is 1. The van der Waals surface area contributed by atoms with Gasteiger partial charge in [0.1, 0.15) is 0 Å². The van der Waals surface area contributed by atoms with E-state index in [9.17, 15) is 14.4 Å². The van der Waals surface area contributed by atoms with E-state index in [0.717, 1.165) is 0 Å². The first-order chi connectivity index (χ1) is 13.3. The van der Waals surface area contributed by atoms with E-state index in [0.29, 0.717) is 22.5 Å². The summed E-state index contributed by atoms with van der Waals surface area (Å²) in [6, 6.07) is 13.2. The quantitative estimate of drug-likeness (QED) is 0.337. The highest BCUT2D eigenvalue weighted by atomic mass is 16.4. The number of guanidine groups is 1. The van der Waals surface area contributed by atoms with Gasteiger partial charge in [0.05, 0.1) is 12.2 Å². The van der Waals surface area contributed by atoms with Gasteiger partial charge in [-0.1, -0.05) is 24.3 Å². The molecule has 0 aliphatic carbocycles. The molecule has 2 rings (SSSR count). The molecule has 28 heavy (non-hydrogen) atoms. The molecule has 0 aromatic heterocycles. The van der Waals surface area contributed by atoms with E-state index in [4.69, 9.17) is 16.6 Å². The van der Waals surface area contributed by atoms with Gasteiger partial charge < -0.3 is 27.2 Å². The predicted molar refractivity (Wildman–Crippen MR) is 105 cm³/mol. The van der Waals surface area contributed by atoms with Crippen LogP contribution >= 0.6 is 0 Å². The average molecular weight is 383 g/mol. The standard InChI is InChI=1S/C19H21N5O4/c20-19(21)23-14-6-3-5-13(10-14)18(28)22-11-16(25)24-15-7-2-1-4-12(15)8-9-17(26)27/h1-7,10H,8-9,11H2,(H,22,28)(H,24,25)(H,26,27)(H4,20,21,23). The summed E-state index contributed by atoms with van der Waals surface area (Å²) < 4.78 is 0. The number of para-hydroxylation sites is 1. The SMILES string of the molecule is NC(N)=Nc1cccc(C(=O)NCC(=O)Nc2ccccc2CCC(=O)O)c1. The largest absolute Gasteiger partial charge is 0.481 e. The molecule has 2 aromatic carbocycles. The molecule has 9 nitrogen and oxygen atoms in total. The molecule has 0 saturated heterocycles. The number of nitrogens with one attached hydrogen (secondary N) is 2. The monoisotopic (exact) mass is 383 g/mol. The number of nitrogens with zero attached hydrogens (tertiary/aromatic N) is 1. The van der Waals surface area contributed by atoms with Crippen LogP contribution in [0.3, 0.4) is 0 Å². The van der Waals surface area contributed by atoms with Gasteiger partial charge in [0.25, 0.3) is 5.91 Å². The zero-order valence-corrected chi connectivity index (χ0v) is 15.0. The summed E-state index contributed by atoms with van der Waals surface area (Å²) in [5, 5.41) is 14.0. The van der Waals surface area contributed by atoms with Crippen LogP contribution in [-0.4, -0.2) is 35.4 Å². The van der Waals surface area contributed by atoms with Crippen LogP contribution in [0.15, 0.2) is 53.5 Å². The molecule has 7 N–H and O–H groups in total. The van der Waals surface area contributed by atoms with Crippen LogP contribution in [0.4, 0.5) is 11.4 Å². The number of hydrogen-bond donors (Lipinski definition) is 5. The number of aryl methyl sites for hydroxylation is 1. The number of carbonyl (C=O) groups is 3. The Labute approximate surface area is 161 Å². The van der Waals surface area contributed by atoms with Crippen LogP contribution in [0, 0.1) is 0 Å². The first-order valence-corrected chi connectivity index (χ1v) is 8.42. The van der Waals surface area contributed by atoms with Crippen molar-refractivity contribution in [3.05, 3.63) is 59.7 Å². The average Bonchev–Trinajstić information content (AvgIpc) is 2.65. The number of hydrogen-bond acceptors (Lipinski definition) is 4. The number of rotatable bonds is 8. The molecule has 0 unspecified atom stereocenters. The molecule has 0 atom stereocenters. The summed E-state index contributed by atoms with van der Waals surface area (Å²) in [5.74, 6) is -1.94. The van der Waals surface area contributed by atoms with Gasteiger partial charge in [0, 0.05) is 17.7 Å². The minimum absolute atomic E-state index is 0.0459. The maximum atomic E-state index is 12.2. The van der Waals surface area contributed by atoms with Gasteiger partial charge in [-0.3, -0.25) is 14.4 Å². The number of nitrogens with two attached hydrogens (primary N) is 2. The fraction of sp³-hybridized carbons (Fsp3) is 0.158. The lowest BCUT2D eigenvalue weighted by Gasteiger charge is -2.11. The van der Waals surface area contributed by atoms with Gasteiger partial charge in [0.15, 0.2) is 5.96 Å². The molecule has 2 amide bonds. The molecule has 0 spiro atoms. The van der Waals surface area contributed by atoms with E-state index in [2.05, 4.69) is 15.6 Å². The van der Waals surface area contributed by atoms with E-state index in [-0.39, 0.29) is 25.3 Å². The van der Waals surface area contributed by atoms with Gasteiger partial charge in [0.2, 0.25) is 5.91 Å². The summed E-state index contributed by atoms with van der Waals surface area (Å²) in [7, 11) is 0. The smallest absolute Gasteiger partial charge is 0.303 e. The van der Waals surface area contributed by atoms with Crippen molar-refractivity contribution in [1.82, 2.24) is 5.32 Å². The van der Waals surface area contributed by atoms with E-state index < -0.39 is 17.8 Å². The molecule has 146 valence electrons. The molecule has 0 bridgehead atoms. The number of carboxylic acid groups (broad SMARTS) is 1. The minimum Gasteiger partial charge on any atom is -0.481 e. The van der Waals surface area contributed by atoms with Gasteiger partial charge in [-0.15, -0.1) is 0 Å². The highest BCUT2D eigenvalue weighted by Gasteiger charge is 2.11. The normalized spacial score (nSPS) is 10.0. The lowest BCUT2D eigenvalue weighted by atomic mass is 10.1. The molecule has 9 heteroatoms. The molecule has 2 aromatic rings. The molecule has 0 heterocycles. The fourth-order valence-electron chi connectivity index (χ4n) is 2.42. The van der Waals surface area contributed by atoms with Gasteiger partial charge in [-0.2, -0.15) is 0 Å². The first kappa shape index (κ1) is 20.4. The molecule has 0 saturated carbocycles. The van der Waals surface area contributed by atoms with Crippen LogP contribution in [0.2, 0.25) is 0 Å². The summed E-state index contributed by atoms with van der Waals surface area (Å²) in [6.07, 6.45) is 0.242. The number of anilines is 1. The van der Waals surface area contributed by atoms with Crippen LogP contribution in [0.5, 0.6) is 0 Å². The van der Waals surface area contributed by atoms with Crippen molar-refractivity contribution in [1.29, 1.82) is 0 Å². The second-order valence-electron chi connectivity index (χ2n) is 5.87. The van der Waals surface area contributed by atoms with Crippen LogP contribution in [-0.2, 0) is 16.0 Å². The zero-order chi connectivity index (χ0) is 20.5. The molecule has 0 fully saturated rings. The van der Waals surface area contributed by atoms with Crippen molar-refractivity contribution in [2.45, 2.75) is 12.8 Å². The summed E-state index contributed by atoms with van der Waals surface area (Å²) >= 11 is 0. The summed E-state index contributed by atoms with van der Waals surface area (Å²) in [5.41, 5.74) is 12.6. The van der Waals surface area contributed by atoms with E-state index in [1.54, 1.807) is 42.5 Å². The molecular weight excluding hydrogens is 362 g/mol. The number of amides is 2. The van der Waals surface area contributed by atoms with Crippen molar-refractivity contribution in [3.63, 3.8) is 0 Å². The Balaban J connectivity index is 1.95. The fourth-order valence-corrected chi connectivity index (χ4v) is 2.42. The maximum absolute atomic E-state index is 12.2. The highest BCUT2D eigenvalue weighted by Crippen LogP contribution is 2.17. The highest BCUT2D eigenvalue weighted by molar-refractivity contribution is 6.00. The van der Waals surface area contributed by atoms with Crippen molar-refractivity contribution < 1.29 is 19.5 Å². The van der Waals surface area contributed by atoms with E-state index in [1.165, 1.54) is 6.07 Å². The second-order valence-corrected chi connectivity index (χ2v) is 5.87. The Morgan fingerprint density at radius 3 is 2.50 bits per heavy atom. The molecule has 0 aliphatic heterocycles. The van der Waals surface area contributed by atoms with Crippen molar-refractivity contribution in [3.8, 4) is 0 Å². The van der Waals surface area contributed by atoms with E-state index >= 15 is 0 Å². The first-order valence-electron chi connectivity index (χ1n) is 8.42. The topological polar surface area (TPSA) is 160 Å². The number of aliphatic carboxylic acids is 1. The Morgan fingerprint density at radius 1 is 1.04 bits per heavy atom. The lowest BCUT2D eigenvalue weighted by molar-refractivity contribution is -0.136. The van der Waals surface area contributed by atoms with Crippen LogP contribution < -0.4 is 22.1 Å². The number of carboxylic acids is 1. The summed E-state index contributed by atoms with van der Waals surface area (Å²) in [6.45, 7) is -0.251. The van der Waals surface area contributed by atoms with Crippen molar-refractivity contribution in [2.75, 3.05) is 11.9 Å². The van der Waals surface area contributed by atoms with E-state index in [1.807, 2.05) is 0 Å². The Kier molecular flexibility index (Phi) is 7.09. The third kappa shape index (κ3) is 6.45. The van der Waals surface area contributed by atoms with Crippen molar-refractivity contribution in [2.24, 2.45) is 16.5 Å². The number of carbonyl (C=O) groups excluding carboxylic acids is 2. The third-order valence-electron chi connectivity index (χ3n) is 3.68. The predicted octanol–water partition coefficient (Wildman–Crippen LogP) is 0.977.